The van der Waals surface area contributed by atoms with Crippen molar-refractivity contribution in [1.82, 2.24) is 10.3 Å². The molecule has 2 heterocycles. The van der Waals surface area contributed by atoms with Gasteiger partial charge >= 0.3 is 5.97 Å². The van der Waals surface area contributed by atoms with Gasteiger partial charge in [-0.15, -0.1) is 0 Å². The molecule has 1 aliphatic rings. The van der Waals surface area contributed by atoms with E-state index >= 15 is 0 Å². The van der Waals surface area contributed by atoms with Gasteiger partial charge in [0.2, 0.25) is 0 Å². The summed E-state index contributed by atoms with van der Waals surface area (Å²) in [7, 11) is 0. The molecule has 0 radical (unpaired) electrons. The molecule has 0 amide bonds. The van der Waals surface area contributed by atoms with E-state index < -0.39 is 0 Å². The van der Waals surface area contributed by atoms with Crippen LogP contribution in [0.15, 0.2) is 30.5 Å². The Morgan fingerprint density at radius 3 is 2.90 bits per heavy atom. The van der Waals surface area contributed by atoms with Crippen molar-refractivity contribution in [1.29, 1.82) is 0 Å². The first kappa shape index (κ1) is 12.8. The molecule has 0 unspecified atom stereocenters. The molecule has 0 spiro atoms. The molecule has 0 saturated heterocycles. The standard InChI is InChI=1S/C16H18N2O2/c1-10(2)20-16(19)13-9-17-8-7-12-11-5-3-4-6-14(11)18-15(12)13/h3-6,9-10,17-18H,7-8H2,1-2H3. The Balaban J connectivity index is 2.10. The first-order valence-corrected chi connectivity index (χ1v) is 6.91. The largest absolute Gasteiger partial charge is 0.459 e. The second-order valence-corrected chi connectivity index (χ2v) is 5.24. The second kappa shape index (κ2) is 5.04. The van der Waals surface area contributed by atoms with Crippen LogP contribution in [-0.4, -0.2) is 23.6 Å². The van der Waals surface area contributed by atoms with Crippen molar-refractivity contribution in [2.45, 2.75) is 26.4 Å². The number of benzene rings is 1. The van der Waals surface area contributed by atoms with E-state index in [4.69, 9.17) is 4.74 Å². The molecular formula is C16H18N2O2. The number of carbonyl (C=O) groups excluding carboxylic acids is 1. The minimum atomic E-state index is -0.290. The van der Waals surface area contributed by atoms with Crippen LogP contribution in [0.3, 0.4) is 0 Å². The number of aromatic nitrogens is 1. The molecule has 1 aromatic heterocycles. The number of hydrogen-bond acceptors (Lipinski definition) is 3. The van der Waals surface area contributed by atoms with Gasteiger partial charge in [0, 0.05) is 23.6 Å². The number of fused-ring (bicyclic) bond motifs is 3. The van der Waals surface area contributed by atoms with Gasteiger partial charge in [0.25, 0.3) is 0 Å². The van der Waals surface area contributed by atoms with Crippen LogP contribution in [0.4, 0.5) is 0 Å². The number of hydrogen-bond donors (Lipinski definition) is 2. The predicted molar refractivity (Wildman–Crippen MR) is 79.2 cm³/mol. The van der Waals surface area contributed by atoms with Crippen molar-refractivity contribution < 1.29 is 9.53 Å². The zero-order valence-electron chi connectivity index (χ0n) is 11.7. The van der Waals surface area contributed by atoms with E-state index in [9.17, 15) is 4.79 Å². The van der Waals surface area contributed by atoms with Gasteiger partial charge in [-0.1, -0.05) is 18.2 Å². The first-order chi connectivity index (χ1) is 9.66. The number of esters is 1. The lowest BCUT2D eigenvalue weighted by molar-refractivity contribution is -0.140. The third-order valence-electron chi connectivity index (χ3n) is 3.41. The molecule has 2 N–H and O–H groups in total. The summed E-state index contributed by atoms with van der Waals surface area (Å²) in [5.74, 6) is -0.290. The zero-order chi connectivity index (χ0) is 14.1. The van der Waals surface area contributed by atoms with E-state index in [0.29, 0.717) is 5.57 Å². The Morgan fingerprint density at radius 1 is 1.30 bits per heavy atom. The molecule has 0 saturated carbocycles. The van der Waals surface area contributed by atoms with Crippen LogP contribution >= 0.6 is 0 Å². The topological polar surface area (TPSA) is 54.1 Å². The molecule has 0 aliphatic carbocycles. The number of aromatic amines is 1. The SMILES string of the molecule is CC(C)OC(=O)C1=CNCCc2c1[nH]c1ccccc21. The van der Waals surface area contributed by atoms with Crippen LogP contribution in [0.1, 0.15) is 25.1 Å². The molecule has 104 valence electrons. The molecular weight excluding hydrogens is 252 g/mol. The Kier molecular flexibility index (Phi) is 3.22. The molecule has 2 aromatic rings. The molecule has 0 atom stereocenters. The van der Waals surface area contributed by atoms with Crippen molar-refractivity contribution in [3.8, 4) is 0 Å². The van der Waals surface area contributed by atoms with Crippen LogP contribution in [-0.2, 0) is 16.0 Å². The molecule has 3 rings (SSSR count). The van der Waals surface area contributed by atoms with E-state index in [-0.39, 0.29) is 12.1 Å². The molecule has 4 nitrogen and oxygen atoms in total. The number of carbonyl (C=O) groups is 1. The lowest BCUT2D eigenvalue weighted by atomic mass is 10.0. The zero-order valence-corrected chi connectivity index (χ0v) is 11.7. The maximum Gasteiger partial charge on any atom is 0.342 e. The van der Waals surface area contributed by atoms with Gasteiger partial charge in [-0.25, -0.2) is 4.79 Å². The van der Waals surface area contributed by atoms with Gasteiger partial charge in [-0.05, 0) is 31.9 Å². The second-order valence-electron chi connectivity index (χ2n) is 5.24. The van der Waals surface area contributed by atoms with Crippen LogP contribution < -0.4 is 5.32 Å². The summed E-state index contributed by atoms with van der Waals surface area (Å²) in [6.45, 7) is 4.52. The van der Waals surface area contributed by atoms with Crippen molar-refractivity contribution in [3.05, 3.63) is 41.7 Å². The van der Waals surface area contributed by atoms with E-state index in [1.165, 1.54) is 10.9 Å². The van der Waals surface area contributed by atoms with E-state index in [0.717, 1.165) is 24.2 Å². The van der Waals surface area contributed by atoms with E-state index in [1.54, 1.807) is 6.20 Å². The third kappa shape index (κ3) is 2.18. The fraction of sp³-hybridized carbons (Fsp3) is 0.312. The highest BCUT2D eigenvalue weighted by molar-refractivity contribution is 6.17. The Hall–Kier alpha value is -2.23. The van der Waals surface area contributed by atoms with Gasteiger partial charge in [-0.3, -0.25) is 0 Å². The van der Waals surface area contributed by atoms with Crippen LogP contribution in [0, 0.1) is 0 Å². The maximum absolute atomic E-state index is 12.3. The normalized spacial score (nSPS) is 14.4. The summed E-state index contributed by atoms with van der Waals surface area (Å²) < 4.78 is 5.33. The summed E-state index contributed by atoms with van der Waals surface area (Å²) in [5, 5.41) is 4.34. The fourth-order valence-electron chi connectivity index (χ4n) is 2.57. The van der Waals surface area contributed by atoms with E-state index in [1.807, 2.05) is 32.0 Å². The minimum Gasteiger partial charge on any atom is -0.459 e. The highest BCUT2D eigenvalue weighted by atomic mass is 16.5. The van der Waals surface area contributed by atoms with Crippen molar-refractivity contribution in [3.63, 3.8) is 0 Å². The van der Waals surface area contributed by atoms with Crippen LogP contribution in [0.25, 0.3) is 16.5 Å². The first-order valence-electron chi connectivity index (χ1n) is 6.91. The lowest BCUT2D eigenvalue weighted by Crippen LogP contribution is -2.15. The monoisotopic (exact) mass is 270 g/mol. The number of ether oxygens (including phenoxy) is 1. The third-order valence-corrected chi connectivity index (χ3v) is 3.41. The lowest BCUT2D eigenvalue weighted by Gasteiger charge is -2.10. The molecule has 4 heteroatoms. The quantitative estimate of drug-likeness (QED) is 0.825. The van der Waals surface area contributed by atoms with Gasteiger partial charge in [0.15, 0.2) is 0 Å². The Labute approximate surface area is 117 Å². The van der Waals surface area contributed by atoms with Gasteiger partial charge in [0.1, 0.15) is 0 Å². The molecule has 1 aromatic carbocycles. The average molecular weight is 270 g/mol. The summed E-state index contributed by atoms with van der Waals surface area (Å²) >= 11 is 0. The van der Waals surface area contributed by atoms with Crippen molar-refractivity contribution >= 4 is 22.4 Å². The molecule has 1 aliphatic heterocycles. The number of rotatable bonds is 2. The molecule has 0 bridgehead atoms. The van der Waals surface area contributed by atoms with Gasteiger partial charge in [-0.2, -0.15) is 0 Å². The van der Waals surface area contributed by atoms with E-state index in [2.05, 4.69) is 16.4 Å². The summed E-state index contributed by atoms with van der Waals surface area (Å²) in [6.07, 6.45) is 2.51. The van der Waals surface area contributed by atoms with Crippen LogP contribution in [0.2, 0.25) is 0 Å². The van der Waals surface area contributed by atoms with Gasteiger partial charge in [0.05, 0.1) is 17.4 Å². The van der Waals surface area contributed by atoms with Crippen LogP contribution in [0.5, 0.6) is 0 Å². The number of nitrogens with one attached hydrogen (secondary N) is 2. The Bertz CT molecular complexity index is 683. The average Bonchev–Trinajstić information content (AvgIpc) is 2.63. The summed E-state index contributed by atoms with van der Waals surface area (Å²) in [5.41, 5.74) is 3.68. The molecule has 0 fully saturated rings. The molecule has 20 heavy (non-hydrogen) atoms. The predicted octanol–water partition coefficient (Wildman–Crippen LogP) is 2.61. The highest BCUT2D eigenvalue weighted by Crippen LogP contribution is 2.29. The number of H-pyrrole nitrogens is 1. The summed E-state index contributed by atoms with van der Waals surface area (Å²) in [4.78, 5) is 15.6. The Morgan fingerprint density at radius 2 is 2.10 bits per heavy atom. The van der Waals surface area contributed by atoms with Crippen molar-refractivity contribution in [2.75, 3.05) is 6.54 Å². The fourth-order valence-corrected chi connectivity index (χ4v) is 2.57. The minimum absolute atomic E-state index is 0.125. The van der Waals surface area contributed by atoms with Crippen molar-refractivity contribution in [2.24, 2.45) is 0 Å². The highest BCUT2D eigenvalue weighted by Gasteiger charge is 2.23. The smallest absolute Gasteiger partial charge is 0.342 e. The van der Waals surface area contributed by atoms with Gasteiger partial charge < -0.3 is 15.0 Å². The summed E-state index contributed by atoms with van der Waals surface area (Å²) in [6, 6.07) is 8.13. The number of para-hydroxylation sites is 1. The maximum atomic E-state index is 12.3.